The Balaban J connectivity index is 3.89. The summed E-state index contributed by atoms with van der Waals surface area (Å²) in [4.78, 5) is 13.3. The molecule has 0 aliphatic rings. The minimum atomic E-state index is -0.503. The van der Waals surface area contributed by atoms with E-state index in [1.807, 2.05) is 0 Å². The van der Waals surface area contributed by atoms with E-state index in [0.717, 1.165) is 6.54 Å². The number of nitrogens with two attached hydrogens (primary N) is 1. The number of hydrogen-bond acceptors (Lipinski definition) is 4. The molecule has 2 N–H and O–H groups in total. The molecule has 0 aromatic carbocycles. The second-order valence-electron chi connectivity index (χ2n) is 4.38. The van der Waals surface area contributed by atoms with E-state index < -0.39 is 6.04 Å². The SMILES string of the molecule is COC(=O)C(N)CCN(C)C(C)C(C)C. The number of carbonyl (C=O) groups is 1. The summed E-state index contributed by atoms with van der Waals surface area (Å²) in [6.45, 7) is 7.35. The second-order valence-corrected chi connectivity index (χ2v) is 4.38. The van der Waals surface area contributed by atoms with Crippen LogP contribution in [0.15, 0.2) is 0 Å². The van der Waals surface area contributed by atoms with E-state index in [2.05, 4.69) is 37.5 Å². The van der Waals surface area contributed by atoms with Crippen molar-refractivity contribution < 1.29 is 9.53 Å². The van der Waals surface area contributed by atoms with Crippen LogP contribution in [0.25, 0.3) is 0 Å². The van der Waals surface area contributed by atoms with Gasteiger partial charge in [0.1, 0.15) is 6.04 Å². The van der Waals surface area contributed by atoms with Crippen LogP contribution < -0.4 is 5.73 Å². The zero-order valence-corrected chi connectivity index (χ0v) is 10.5. The highest BCUT2D eigenvalue weighted by Gasteiger charge is 2.17. The highest BCUT2D eigenvalue weighted by Crippen LogP contribution is 2.08. The summed E-state index contributed by atoms with van der Waals surface area (Å²) in [6, 6.07) is -0.00772. The number of methoxy groups -OCH3 is 1. The summed E-state index contributed by atoms with van der Waals surface area (Å²) < 4.78 is 4.57. The van der Waals surface area contributed by atoms with Gasteiger partial charge in [-0.2, -0.15) is 0 Å². The molecule has 90 valence electrons. The standard InChI is InChI=1S/C11H24N2O2/c1-8(2)9(3)13(4)7-6-10(12)11(14)15-5/h8-10H,6-7,12H2,1-5H3. The molecular formula is C11H24N2O2. The van der Waals surface area contributed by atoms with Crippen LogP contribution in [0.2, 0.25) is 0 Å². The van der Waals surface area contributed by atoms with E-state index >= 15 is 0 Å². The van der Waals surface area contributed by atoms with E-state index in [4.69, 9.17) is 5.73 Å². The van der Waals surface area contributed by atoms with Gasteiger partial charge in [0, 0.05) is 12.6 Å². The Hall–Kier alpha value is -0.610. The fourth-order valence-corrected chi connectivity index (χ4v) is 1.32. The van der Waals surface area contributed by atoms with E-state index in [1.165, 1.54) is 7.11 Å². The summed E-state index contributed by atoms with van der Waals surface area (Å²) in [5.41, 5.74) is 5.65. The van der Waals surface area contributed by atoms with Crippen LogP contribution in [0, 0.1) is 5.92 Å². The Kier molecular flexibility index (Phi) is 6.52. The van der Waals surface area contributed by atoms with Crippen LogP contribution in [0.5, 0.6) is 0 Å². The van der Waals surface area contributed by atoms with Gasteiger partial charge in [-0.25, -0.2) is 0 Å². The Morgan fingerprint density at radius 1 is 1.40 bits per heavy atom. The largest absolute Gasteiger partial charge is 0.468 e. The molecule has 0 amide bonds. The van der Waals surface area contributed by atoms with Crippen LogP contribution in [-0.2, 0) is 9.53 Å². The lowest BCUT2D eigenvalue weighted by Gasteiger charge is -2.28. The molecule has 0 bridgehead atoms. The first-order valence-corrected chi connectivity index (χ1v) is 5.43. The molecule has 0 spiro atoms. The van der Waals surface area contributed by atoms with Gasteiger partial charge in [-0.3, -0.25) is 4.79 Å². The third-order valence-electron chi connectivity index (χ3n) is 2.96. The summed E-state index contributed by atoms with van der Waals surface area (Å²) in [5.74, 6) is 0.268. The first kappa shape index (κ1) is 14.4. The maximum Gasteiger partial charge on any atom is 0.322 e. The van der Waals surface area contributed by atoms with Crippen molar-refractivity contribution in [2.45, 2.75) is 39.3 Å². The number of rotatable bonds is 6. The highest BCUT2D eigenvalue weighted by atomic mass is 16.5. The van der Waals surface area contributed by atoms with Crippen LogP contribution in [0.1, 0.15) is 27.2 Å². The molecule has 0 rings (SSSR count). The van der Waals surface area contributed by atoms with Crippen molar-refractivity contribution in [1.29, 1.82) is 0 Å². The van der Waals surface area contributed by atoms with E-state index in [-0.39, 0.29) is 5.97 Å². The predicted molar refractivity (Wildman–Crippen MR) is 61.5 cm³/mol. The number of nitrogens with zero attached hydrogens (tertiary/aromatic N) is 1. The van der Waals surface area contributed by atoms with Gasteiger partial charge in [-0.1, -0.05) is 13.8 Å². The van der Waals surface area contributed by atoms with Crippen molar-refractivity contribution in [2.24, 2.45) is 11.7 Å². The molecule has 0 aliphatic carbocycles. The summed E-state index contributed by atoms with van der Waals surface area (Å²) in [7, 11) is 3.41. The summed E-state index contributed by atoms with van der Waals surface area (Å²) >= 11 is 0. The smallest absolute Gasteiger partial charge is 0.322 e. The molecule has 0 aliphatic heterocycles. The zero-order chi connectivity index (χ0) is 12.0. The molecule has 2 unspecified atom stereocenters. The normalized spacial score (nSPS) is 15.5. The van der Waals surface area contributed by atoms with Gasteiger partial charge in [0.25, 0.3) is 0 Å². The number of hydrogen-bond donors (Lipinski definition) is 1. The Labute approximate surface area is 92.8 Å². The average Bonchev–Trinajstić information content (AvgIpc) is 2.22. The molecule has 0 aromatic heterocycles. The van der Waals surface area contributed by atoms with Gasteiger partial charge in [0.15, 0.2) is 0 Å². The van der Waals surface area contributed by atoms with E-state index in [1.54, 1.807) is 0 Å². The van der Waals surface area contributed by atoms with Crippen LogP contribution in [0.3, 0.4) is 0 Å². The zero-order valence-electron chi connectivity index (χ0n) is 10.5. The van der Waals surface area contributed by atoms with Crippen molar-refractivity contribution in [2.75, 3.05) is 20.7 Å². The quantitative estimate of drug-likeness (QED) is 0.669. The van der Waals surface area contributed by atoms with Gasteiger partial charge < -0.3 is 15.4 Å². The fraction of sp³-hybridized carbons (Fsp3) is 0.909. The van der Waals surface area contributed by atoms with E-state index in [9.17, 15) is 4.79 Å². The Morgan fingerprint density at radius 2 is 1.93 bits per heavy atom. The van der Waals surface area contributed by atoms with E-state index in [0.29, 0.717) is 18.4 Å². The highest BCUT2D eigenvalue weighted by molar-refractivity contribution is 5.75. The van der Waals surface area contributed by atoms with Crippen molar-refractivity contribution in [3.05, 3.63) is 0 Å². The van der Waals surface area contributed by atoms with Gasteiger partial charge >= 0.3 is 5.97 Å². The molecule has 4 nitrogen and oxygen atoms in total. The summed E-state index contributed by atoms with van der Waals surface area (Å²) in [5, 5.41) is 0. The van der Waals surface area contributed by atoms with Crippen LogP contribution in [-0.4, -0.2) is 43.7 Å². The van der Waals surface area contributed by atoms with Crippen molar-refractivity contribution >= 4 is 5.97 Å². The Bertz CT molecular complexity index is 195. The minimum absolute atomic E-state index is 0.333. The first-order chi connectivity index (χ1) is 6.90. The second kappa shape index (κ2) is 6.80. The topological polar surface area (TPSA) is 55.6 Å². The van der Waals surface area contributed by atoms with Crippen molar-refractivity contribution in [3.8, 4) is 0 Å². The van der Waals surface area contributed by atoms with Gasteiger partial charge in [-0.15, -0.1) is 0 Å². The molecule has 0 fully saturated rings. The summed E-state index contributed by atoms with van der Waals surface area (Å²) in [6.07, 6.45) is 0.639. The maximum absolute atomic E-state index is 11.1. The Morgan fingerprint density at radius 3 is 2.33 bits per heavy atom. The molecule has 0 saturated heterocycles. The first-order valence-electron chi connectivity index (χ1n) is 5.43. The van der Waals surface area contributed by atoms with Gasteiger partial charge in [0.2, 0.25) is 0 Å². The molecule has 15 heavy (non-hydrogen) atoms. The molecular weight excluding hydrogens is 192 g/mol. The van der Waals surface area contributed by atoms with Crippen LogP contribution >= 0.6 is 0 Å². The lowest BCUT2D eigenvalue weighted by Crippen LogP contribution is -2.39. The fourth-order valence-electron chi connectivity index (χ4n) is 1.32. The van der Waals surface area contributed by atoms with Crippen molar-refractivity contribution in [1.82, 2.24) is 4.90 Å². The monoisotopic (exact) mass is 216 g/mol. The maximum atomic E-state index is 11.1. The molecule has 0 radical (unpaired) electrons. The number of carbonyl (C=O) groups excluding carboxylic acids is 1. The third kappa shape index (κ3) is 5.14. The molecule has 0 heterocycles. The lowest BCUT2D eigenvalue weighted by atomic mass is 10.0. The third-order valence-corrected chi connectivity index (χ3v) is 2.96. The number of ether oxygens (including phenoxy) is 1. The molecule has 4 heteroatoms. The average molecular weight is 216 g/mol. The van der Waals surface area contributed by atoms with Crippen LogP contribution in [0.4, 0.5) is 0 Å². The molecule has 0 saturated carbocycles. The van der Waals surface area contributed by atoms with Gasteiger partial charge in [0.05, 0.1) is 7.11 Å². The number of esters is 1. The lowest BCUT2D eigenvalue weighted by molar-refractivity contribution is -0.142. The minimum Gasteiger partial charge on any atom is -0.468 e. The molecule has 0 aromatic rings. The predicted octanol–water partition coefficient (Wildman–Crippen LogP) is 0.853. The molecule has 2 atom stereocenters. The van der Waals surface area contributed by atoms with Gasteiger partial charge in [-0.05, 0) is 26.3 Å². The van der Waals surface area contributed by atoms with Crippen molar-refractivity contribution in [3.63, 3.8) is 0 Å².